The lowest BCUT2D eigenvalue weighted by molar-refractivity contribution is -0.126. The fourth-order valence-corrected chi connectivity index (χ4v) is 3.05. The summed E-state index contributed by atoms with van der Waals surface area (Å²) in [5, 5.41) is 9.38. The van der Waals surface area contributed by atoms with Crippen LogP contribution in [0.1, 0.15) is 31.7 Å². The van der Waals surface area contributed by atoms with Gasteiger partial charge in [0, 0.05) is 24.5 Å². The van der Waals surface area contributed by atoms with Gasteiger partial charge >= 0.3 is 0 Å². The van der Waals surface area contributed by atoms with Crippen LogP contribution >= 0.6 is 23.7 Å². The lowest BCUT2D eigenvalue weighted by atomic mass is 9.77. The van der Waals surface area contributed by atoms with Crippen molar-refractivity contribution in [1.29, 1.82) is 0 Å². The molecular formula is C13H22ClN3OS. The van der Waals surface area contributed by atoms with Crippen molar-refractivity contribution in [2.24, 2.45) is 5.41 Å². The number of carbonyl (C=O) groups is 1. The summed E-state index contributed by atoms with van der Waals surface area (Å²) in [4.78, 5) is 16.4. The van der Waals surface area contributed by atoms with Crippen LogP contribution in [0.3, 0.4) is 0 Å². The zero-order valence-electron chi connectivity index (χ0n) is 11.4. The highest BCUT2D eigenvalue weighted by Gasteiger charge is 2.36. The molecule has 2 rings (SSSR count). The maximum absolute atomic E-state index is 12.2. The normalized spacial score (nSPS) is 21.5. The van der Waals surface area contributed by atoms with Crippen molar-refractivity contribution in [1.82, 2.24) is 15.6 Å². The monoisotopic (exact) mass is 303 g/mol. The Kier molecular flexibility index (Phi) is 6.23. The highest BCUT2D eigenvalue weighted by atomic mass is 35.5. The van der Waals surface area contributed by atoms with E-state index in [-0.39, 0.29) is 29.8 Å². The number of carbonyl (C=O) groups excluding carboxylic acids is 1. The predicted molar refractivity (Wildman–Crippen MR) is 80.9 cm³/mol. The molecule has 1 aliphatic rings. The minimum absolute atomic E-state index is 0. The van der Waals surface area contributed by atoms with Crippen LogP contribution in [0.15, 0.2) is 11.6 Å². The standard InChI is InChI=1S/C13H21N3OS.ClH/c1-13(2)5-3-6-15-11(13)12(17)16-7-4-10-14-8-9-18-10;/h8-9,11,15H,3-7H2,1-2H3,(H,16,17);1H. The molecule has 1 atom stereocenters. The van der Waals surface area contributed by atoms with Gasteiger partial charge < -0.3 is 10.6 Å². The molecule has 19 heavy (non-hydrogen) atoms. The molecule has 1 amide bonds. The number of thiazole rings is 1. The average Bonchev–Trinajstić information content (AvgIpc) is 2.81. The van der Waals surface area contributed by atoms with Crippen molar-refractivity contribution >= 4 is 29.7 Å². The van der Waals surface area contributed by atoms with Gasteiger partial charge in [0.05, 0.1) is 11.0 Å². The number of nitrogens with one attached hydrogen (secondary N) is 2. The van der Waals surface area contributed by atoms with E-state index in [4.69, 9.17) is 0 Å². The van der Waals surface area contributed by atoms with Crippen LogP contribution in [-0.2, 0) is 11.2 Å². The summed E-state index contributed by atoms with van der Waals surface area (Å²) >= 11 is 1.63. The molecule has 2 N–H and O–H groups in total. The summed E-state index contributed by atoms with van der Waals surface area (Å²) in [5.41, 5.74) is 0.0452. The quantitative estimate of drug-likeness (QED) is 0.894. The van der Waals surface area contributed by atoms with E-state index in [1.165, 1.54) is 0 Å². The molecule has 0 bridgehead atoms. The number of halogens is 1. The number of hydrogen-bond donors (Lipinski definition) is 2. The molecule has 0 spiro atoms. The maximum atomic E-state index is 12.2. The fraction of sp³-hybridized carbons (Fsp3) is 0.692. The summed E-state index contributed by atoms with van der Waals surface area (Å²) in [7, 11) is 0. The molecule has 1 aliphatic heterocycles. The molecule has 4 nitrogen and oxygen atoms in total. The van der Waals surface area contributed by atoms with Crippen molar-refractivity contribution in [3.63, 3.8) is 0 Å². The summed E-state index contributed by atoms with van der Waals surface area (Å²) in [6, 6.07) is -0.0671. The van der Waals surface area contributed by atoms with E-state index in [0.29, 0.717) is 6.54 Å². The number of aromatic nitrogens is 1. The lowest BCUT2D eigenvalue weighted by Gasteiger charge is -2.38. The van der Waals surface area contributed by atoms with Crippen molar-refractivity contribution < 1.29 is 4.79 Å². The lowest BCUT2D eigenvalue weighted by Crippen LogP contribution is -2.55. The van der Waals surface area contributed by atoms with Crippen LogP contribution < -0.4 is 10.6 Å². The Morgan fingerprint density at radius 1 is 1.63 bits per heavy atom. The van der Waals surface area contributed by atoms with Crippen LogP contribution in [-0.4, -0.2) is 30.0 Å². The van der Waals surface area contributed by atoms with Gasteiger partial charge in [-0.05, 0) is 24.8 Å². The topological polar surface area (TPSA) is 54.0 Å². The zero-order chi connectivity index (χ0) is 13.0. The van der Waals surface area contributed by atoms with Crippen LogP contribution in [0.2, 0.25) is 0 Å². The van der Waals surface area contributed by atoms with Crippen molar-refractivity contribution in [2.45, 2.75) is 39.2 Å². The SMILES string of the molecule is CC1(C)CCCNC1C(=O)NCCc1nccs1.Cl. The first kappa shape index (κ1) is 16.4. The number of nitrogens with zero attached hydrogens (tertiary/aromatic N) is 1. The molecule has 1 saturated heterocycles. The Hall–Kier alpha value is -0.650. The van der Waals surface area contributed by atoms with Crippen LogP contribution in [0.5, 0.6) is 0 Å². The second-order valence-corrected chi connectivity index (χ2v) is 6.43. The van der Waals surface area contributed by atoms with E-state index in [0.717, 1.165) is 30.8 Å². The molecule has 1 unspecified atom stereocenters. The van der Waals surface area contributed by atoms with E-state index in [9.17, 15) is 4.79 Å². The van der Waals surface area contributed by atoms with Gasteiger partial charge in [-0.1, -0.05) is 13.8 Å². The smallest absolute Gasteiger partial charge is 0.237 e. The van der Waals surface area contributed by atoms with Gasteiger partial charge in [0.25, 0.3) is 0 Å². The third-order valence-electron chi connectivity index (χ3n) is 3.51. The van der Waals surface area contributed by atoms with Gasteiger partial charge in [-0.15, -0.1) is 23.7 Å². The highest BCUT2D eigenvalue weighted by Crippen LogP contribution is 2.29. The first-order valence-corrected chi connectivity index (χ1v) is 7.37. The molecule has 1 fully saturated rings. The third-order valence-corrected chi connectivity index (χ3v) is 4.35. The molecule has 1 aromatic rings. The highest BCUT2D eigenvalue weighted by molar-refractivity contribution is 7.09. The summed E-state index contributed by atoms with van der Waals surface area (Å²) in [6.45, 7) is 5.92. The minimum Gasteiger partial charge on any atom is -0.354 e. The number of hydrogen-bond acceptors (Lipinski definition) is 4. The Morgan fingerprint density at radius 3 is 3.05 bits per heavy atom. The van der Waals surface area contributed by atoms with Crippen molar-refractivity contribution in [3.05, 3.63) is 16.6 Å². The second-order valence-electron chi connectivity index (χ2n) is 5.45. The van der Waals surface area contributed by atoms with E-state index in [1.54, 1.807) is 17.5 Å². The van der Waals surface area contributed by atoms with Gasteiger partial charge in [-0.25, -0.2) is 4.98 Å². The second kappa shape index (κ2) is 7.22. The van der Waals surface area contributed by atoms with E-state index < -0.39 is 0 Å². The molecule has 2 heterocycles. The Labute approximate surface area is 124 Å². The van der Waals surface area contributed by atoms with Crippen LogP contribution in [0, 0.1) is 5.41 Å². The summed E-state index contributed by atoms with van der Waals surface area (Å²) in [5.74, 6) is 0.122. The molecule has 0 saturated carbocycles. The third kappa shape index (κ3) is 4.44. The van der Waals surface area contributed by atoms with Gasteiger partial charge in [-0.2, -0.15) is 0 Å². The van der Waals surface area contributed by atoms with Crippen molar-refractivity contribution in [2.75, 3.05) is 13.1 Å². The molecule has 1 aromatic heterocycles. The minimum atomic E-state index is -0.0671. The molecule has 0 aliphatic carbocycles. The number of rotatable bonds is 4. The summed E-state index contributed by atoms with van der Waals surface area (Å²) in [6.07, 6.45) is 4.87. The molecule has 6 heteroatoms. The summed E-state index contributed by atoms with van der Waals surface area (Å²) < 4.78 is 0. The average molecular weight is 304 g/mol. The van der Waals surface area contributed by atoms with Crippen LogP contribution in [0.25, 0.3) is 0 Å². The van der Waals surface area contributed by atoms with Gasteiger partial charge in [-0.3, -0.25) is 4.79 Å². The molecular weight excluding hydrogens is 282 g/mol. The molecule has 0 aromatic carbocycles. The van der Waals surface area contributed by atoms with E-state index in [2.05, 4.69) is 29.5 Å². The van der Waals surface area contributed by atoms with E-state index in [1.807, 2.05) is 5.38 Å². The van der Waals surface area contributed by atoms with Gasteiger partial charge in [0.2, 0.25) is 5.91 Å². The van der Waals surface area contributed by atoms with Crippen LogP contribution in [0.4, 0.5) is 0 Å². The van der Waals surface area contributed by atoms with Gasteiger partial charge in [0.15, 0.2) is 0 Å². The predicted octanol–water partition coefficient (Wildman–Crippen LogP) is 2.00. The van der Waals surface area contributed by atoms with Gasteiger partial charge in [0.1, 0.15) is 0 Å². The Morgan fingerprint density at radius 2 is 2.42 bits per heavy atom. The van der Waals surface area contributed by atoms with E-state index >= 15 is 0 Å². The van der Waals surface area contributed by atoms with Crippen molar-refractivity contribution in [3.8, 4) is 0 Å². The largest absolute Gasteiger partial charge is 0.354 e. The number of amides is 1. The Bertz CT molecular complexity index is 395. The Balaban J connectivity index is 0.00000180. The first-order valence-electron chi connectivity index (χ1n) is 6.49. The molecule has 0 radical (unpaired) electrons. The molecule has 108 valence electrons. The first-order chi connectivity index (χ1) is 8.59. The maximum Gasteiger partial charge on any atom is 0.237 e. The zero-order valence-corrected chi connectivity index (χ0v) is 13.1. The fourth-order valence-electron chi connectivity index (χ4n) is 2.43. The number of piperidine rings is 1.